The molecule has 1 N–H and O–H groups in total. The number of amides is 1. The maximum Gasteiger partial charge on any atom is 0.255 e. The number of carbonyl (C=O) groups excluding carboxylic acids is 1. The minimum atomic E-state index is -3.26. The van der Waals surface area contributed by atoms with Gasteiger partial charge in [-0.3, -0.25) is 9.48 Å². The average Bonchev–Trinajstić information content (AvgIpc) is 2.77. The molecule has 1 aromatic heterocycles. The average molecular weight is 284 g/mol. The molecule has 19 heavy (non-hydrogen) atoms. The van der Waals surface area contributed by atoms with E-state index in [4.69, 9.17) is 0 Å². The van der Waals surface area contributed by atoms with Crippen molar-refractivity contribution in [3.05, 3.63) is 30.1 Å². The van der Waals surface area contributed by atoms with Gasteiger partial charge in [-0.05, 0) is 0 Å². The van der Waals surface area contributed by atoms with E-state index in [1.807, 2.05) is 0 Å². The fourth-order valence-corrected chi connectivity index (χ4v) is 2.73. The van der Waals surface area contributed by atoms with Gasteiger partial charge in [-0.25, -0.2) is 0 Å². The zero-order chi connectivity index (χ0) is 14.0. The van der Waals surface area contributed by atoms with Gasteiger partial charge in [0.2, 0.25) is 0 Å². The first kappa shape index (κ1) is 13.9. The monoisotopic (exact) mass is 284 g/mol. The van der Waals surface area contributed by atoms with Gasteiger partial charge in [-0.1, -0.05) is 10.3 Å². The minimum Gasteiger partial charge on any atom is -0.598 e. The number of aromatic nitrogens is 2. The topological polar surface area (TPSA) is 90.3 Å². The molecule has 1 amide bonds. The molecule has 0 radical (unpaired) electrons. The lowest BCUT2D eigenvalue weighted by molar-refractivity contribution is 0.0955. The molecule has 1 atom stereocenters. The van der Waals surface area contributed by atoms with Gasteiger partial charge in [0.05, 0.1) is 37.1 Å². The van der Waals surface area contributed by atoms with Crippen molar-refractivity contribution in [3.63, 3.8) is 0 Å². The highest BCUT2D eigenvalue weighted by Gasteiger charge is 2.30. The van der Waals surface area contributed by atoms with Crippen LogP contribution in [0.4, 0.5) is 0 Å². The third kappa shape index (κ3) is 2.91. The molecule has 0 aliphatic carbocycles. The van der Waals surface area contributed by atoms with Gasteiger partial charge in [0.1, 0.15) is 16.7 Å². The van der Waals surface area contributed by atoms with E-state index in [-0.39, 0.29) is 12.5 Å². The maximum atomic E-state index is 11.9. The molecule has 8 heteroatoms. The molecule has 104 valence electrons. The Hall–Kier alpha value is -1.51. The second-order valence-electron chi connectivity index (χ2n) is 4.32. The van der Waals surface area contributed by atoms with Crippen molar-refractivity contribution in [2.45, 2.75) is 13.1 Å². The van der Waals surface area contributed by atoms with E-state index in [2.05, 4.69) is 17.0 Å². The van der Waals surface area contributed by atoms with Crippen LogP contribution in [-0.4, -0.2) is 43.9 Å². The van der Waals surface area contributed by atoms with Crippen molar-refractivity contribution in [3.8, 4) is 0 Å². The highest BCUT2D eigenvalue weighted by molar-refractivity contribution is 7.94. The molecule has 2 heterocycles. The van der Waals surface area contributed by atoms with Crippen molar-refractivity contribution in [1.82, 2.24) is 19.4 Å². The molecule has 7 nitrogen and oxygen atoms in total. The molecule has 0 bridgehead atoms. The second kappa shape index (κ2) is 5.24. The number of nitrogens with one attached hydrogen (secondary N) is 1. The summed E-state index contributed by atoms with van der Waals surface area (Å²) in [6, 6.07) is 0. The third-order valence-electron chi connectivity index (χ3n) is 2.96. The summed E-state index contributed by atoms with van der Waals surface area (Å²) in [6.45, 7) is 4.89. The number of hydrogen-bond donors (Lipinski definition) is 1. The lowest BCUT2D eigenvalue weighted by atomic mass is 10.2. The Labute approximate surface area is 112 Å². The summed E-state index contributed by atoms with van der Waals surface area (Å²) in [5, 5.41) is 6.77. The first-order valence-electron chi connectivity index (χ1n) is 5.82. The lowest BCUT2D eigenvalue weighted by Crippen LogP contribution is -2.42. The number of rotatable bonds is 4. The molecular formula is C11H16N4O3S. The molecule has 0 aromatic carbocycles. The van der Waals surface area contributed by atoms with E-state index >= 15 is 0 Å². The molecule has 1 aliphatic rings. The van der Waals surface area contributed by atoms with Gasteiger partial charge >= 0.3 is 0 Å². The summed E-state index contributed by atoms with van der Waals surface area (Å²) >= 11 is 0. The Morgan fingerprint density at radius 2 is 2.42 bits per heavy atom. The smallest absolute Gasteiger partial charge is 0.255 e. The van der Waals surface area contributed by atoms with Crippen LogP contribution in [0.25, 0.3) is 0 Å². The van der Waals surface area contributed by atoms with Crippen LogP contribution in [0.3, 0.4) is 0 Å². The van der Waals surface area contributed by atoms with Crippen molar-refractivity contribution < 1.29 is 13.6 Å². The largest absolute Gasteiger partial charge is 0.598 e. The highest BCUT2D eigenvalue weighted by atomic mass is 32.3. The quantitative estimate of drug-likeness (QED) is 0.612. The Kier molecular flexibility index (Phi) is 3.83. The normalized spacial score (nSPS) is 18.4. The summed E-state index contributed by atoms with van der Waals surface area (Å²) in [5.41, 5.74) is 1.04. The molecule has 0 saturated carbocycles. The van der Waals surface area contributed by atoms with Crippen LogP contribution in [-0.2, 0) is 27.7 Å². The summed E-state index contributed by atoms with van der Waals surface area (Å²) < 4.78 is 26.1. The second-order valence-corrected chi connectivity index (χ2v) is 6.31. The summed E-state index contributed by atoms with van der Waals surface area (Å²) in [4.78, 5) is 11.9. The van der Waals surface area contributed by atoms with Gasteiger partial charge < -0.3 is 9.87 Å². The number of fused-ring (bicyclic) bond motifs is 1. The Morgan fingerprint density at radius 1 is 1.68 bits per heavy atom. The molecule has 1 aliphatic heterocycles. The van der Waals surface area contributed by atoms with Crippen molar-refractivity contribution >= 4 is 16.3 Å². The molecule has 1 aromatic rings. The molecule has 0 saturated heterocycles. The maximum absolute atomic E-state index is 11.9. The highest BCUT2D eigenvalue weighted by Crippen LogP contribution is 2.20. The number of carbonyl (C=O) groups is 1. The summed E-state index contributed by atoms with van der Waals surface area (Å²) in [5.74, 6) is -0.267. The van der Waals surface area contributed by atoms with E-state index in [0.29, 0.717) is 30.9 Å². The molecule has 2 rings (SSSR count). The van der Waals surface area contributed by atoms with E-state index in [9.17, 15) is 13.6 Å². The molecule has 1 unspecified atom stereocenters. The Morgan fingerprint density at radius 3 is 3.05 bits per heavy atom. The van der Waals surface area contributed by atoms with Crippen molar-refractivity contribution in [1.29, 1.82) is 0 Å². The zero-order valence-corrected chi connectivity index (χ0v) is 11.5. The van der Waals surface area contributed by atoms with Crippen LogP contribution in [0.5, 0.6) is 0 Å². The van der Waals surface area contributed by atoms with Crippen LogP contribution in [0.15, 0.2) is 18.9 Å². The lowest BCUT2D eigenvalue weighted by Gasteiger charge is -2.29. The number of hydrogen-bond acceptors (Lipinski definition) is 4. The fourth-order valence-electron chi connectivity index (χ4n) is 1.96. The zero-order valence-electron chi connectivity index (χ0n) is 10.7. The van der Waals surface area contributed by atoms with E-state index < -0.39 is 10.4 Å². The van der Waals surface area contributed by atoms with Gasteiger partial charge in [0.25, 0.3) is 5.91 Å². The van der Waals surface area contributed by atoms with Crippen molar-refractivity contribution in [2.75, 3.05) is 19.3 Å². The van der Waals surface area contributed by atoms with E-state index in [1.54, 1.807) is 10.8 Å². The predicted octanol–water partition coefficient (Wildman–Crippen LogP) is -0.211. The van der Waals surface area contributed by atoms with E-state index in [0.717, 1.165) is 6.26 Å². The van der Waals surface area contributed by atoms with Crippen LogP contribution >= 0.6 is 0 Å². The van der Waals surface area contributed by atoms with Crippen LogP contribution in [0.1, 0.15) is 16.1 Å². The van der Waals surface area contributed by atoms with E-state index in [1.165, 1.54) is 10.5 Å². The van der Waals surface area contributed by atoms with Crippen molar-refractivity contribution in [2.24, 2.45) is 0 Å². The first-order chi connectivity index (χ1) is 8.93. The van der Waals surface area contributed by atoms with Gasteiger partial charge in [-0.2, -0.15) is 5.10 Å². The van der Waals surface area contributed by atoms with Crippen LogP contribution in [0.2, 0.25) is 0 Å². The molecular weight excluding hydrogens is 268 g/mol. The van der Waals surface area contributed by atoms with Crippen LogP contribution < -0.4 is 5.32 Å². The SMILES string of the molecule is C=CCNC(=O)c1cnn2c1CN([S+](C)(=O)[O-])CC2. The molecule has 0 spiro atoms. The predicted molar refractivity (Wildman–Crippen MR) is 69.9 cm³/mol. The standard InChI is InChI=1S/C11H16N4O3S/c1-3-4-12-11(16)9-7-13-15-6-5-14(8-10(9)15)19(2,17)18/h3,7H,1,4-6,8H2,2H3,(H-,12,16,17,18). The van der Waals surface area contributed by atoms with Gasteiger partial charge in [0.15, 0.2) is 0 Å². The summed E-state index contributed by atoms with van der Waals surface area (Å²) in [7, 11) is -3.26. The summed E-state index contributed by atoms with van der Waals surface area (Å²) in [6.07, 6.45) is 4.21. The minimum absolute atomic E-state index is 0.176. The fraction of sp³-hybridized carbons (Fsp3) is 0.455. The number of sulfonamides is 1. The van der Waals surface area contributed by atoms with Crippen LogP contribution in [0, 0.1) is 0 Å². The van der Waals surface area contributed by atoms with Gasteiger partial charge in [0, 0.05) is 6.54 Å². The third-order valence-corrected chi connectivity index (χ3v) is 4.21. The first-order valence-corrected chi connectivity index (χ1v) is 7.67. The number of nitrogens with zero attached hydrogens (tertiary/aromatic N) is 3. The Bertz CT molecular complexity index is 548. The molecule has 0 fully saturated rings. The Balaban J connectivity index is 2.22. The van der Waals surface area contributed by atoms with Gasteiger partial charge in [-0.15, -0.1) is 10.9 Å².